The molecule has 2 rings (SSSR count). The normalized spacial score (nSPS) is 19.3. The first-order valence-electron chi connectivity index (χ1n) is 6.24. The zero-order valence-electron chi connectivity index (χ0n) is 11.1. The monoisotopic (exact) mass is 282 g/mol. The molecule has 7 heteroatoms. The van der Waals surface area contributed by atoms with Gasteiger partial charge in [0.25, 0.3) is 0 Å². The van der Waals surface area contributed by atoms with Gasteiger partial charge in [-0.25, -0.2) is 4.98 Å². The molecule has 1 aliphatic heterocycles. The van der Waals surface area contributed by atoms with Gasteiger partial charge in [-0.2, -0.15) is 0 Å². The predicted octanol–water partition coefficient (Wildman–Crippen LogP) is -0.460. The van der Waals surface area contributed by atoms with Gasteiger partial charge in [-0.3, -0.25) is 9.59 Å². The van der Waals surface area contributed by atoms with Crippen LogP contribution in [-0.2, 0) is 16.0 Å². The van der Waals surface area contributed by atoms with Crippen molar-refractivity contribution in [2.75, 3.05) is 26.7 Å². The Labute approximate surface area is 116 Å². The zero-order chi connectivity index (χ0) is 13.8. The third-order valence-electron chi connectivity index (χ3n) is 3.11. The summed E-state index contributed by atoms with van der Waals surface area (Å²) < 4.78 is 0. The van der Waals surface area contributed by atoms with E-state index >= 15 is 0 Å². The summed E-state index contributed by atoms with van der Waals surface area (Å²) in [6, 6.07) is -0.425. The van der Waals surface area contributed by atoms with Crippen molar-refractivity contribution >= 4 is 23.2 Å². The van der Waals surface area contributed by atoms with Crippen LogP contribution in [0.2, 0.25) is 0 Å². The number of rotatable bonds is 3. The number of aryl methyl sites for hydroxylation is 1. The fourth-order valence-corrected chi connectivity index (χ4v) is 2.76. The molecule has 0 radical (unpaired) electrons. The Morgan fingerprint density at radius 3 is 3.05 bits per heavy atom. The van der Waals surface area contributed by atoms with Gasteiger partial charge >= 0.3 is 0 Å². The molecule has 1 aromatic rings. The molecule has 1 aliphatic rings. The first-order chi connectivity index (χ1) is 9.11. The van der Waals surface area contributed by atoms with Crippen LogP contribution < -0.4 is 10.6 Å². The van der Waals surface area contributed by atoms with E-state index in [1.165, 1.54) is 11.3 Å². The van der Waals surface area contributed by atoms with E-state index < -0.39 is 6.04 Å². The van der Waals surface area contributed by atoms with E-state index in [4.69, 9.17) is 0 Å². The minimum absolute atomic E-state index is 0.0413. The molecule has 2 amide bonds. The van der Waals surface area contributed by atoms with Gasteiger partial charge in [0.2, 0.25) is 11.8 Å². The summed E-state index contributed by atoms with van der Waals surface area (Å²) in [6.45, 7) is 3.69. The zero-order valence-corrected chi connectivity index (χ0v) is 11.9. The van der Waals surface area contributed by atoms with E-state index in [1.807, 2.05) is 12.3 Å². The maximum Gasteiger partial charge on any atom is 0.243 e. The molecular formula is C12H18N4O2S. The summed E-state index contributed by atoms with van der Waals surface area (Å²) in [7, 11) is 1.59. The van der Waals surface area contributed by atoms with Gasteiger partial charge in [-0.05, 0) is 6.92 Å². The van der Waals surface area contributed by atoms with Gasteiger partial charge in [-0.1, -0.05) is 0 Å². The Kier molecular flexibility index (Phi) is 4.49. The average Bonchev–Trinajstić information content (AvgIpc) is 2.83. The third-order valence-corrected chi connectivity index (χ3v) is 3.93. The lowest BCUT2D eigenvalue weighted by Gasteiger charge is -2.34. The molecule has 1 fully saturated rings. The highest BCUT2D eigenvalue weighted by Gasteiger charge is 2.31. The average molecular weight is 282 g/mol. The summed E-state index contributed by atoms with van der Waals surface area (Å²) in [4.78, 5) is 30.0. The molecule has 104 valence electrons. The van der Waals surface area contributed by atoms with E-state index in [2.05, 4.69) is 15.6 Å². The van der Waals surface area contributed by atoms with E-state index in [1.54, 1.807) is 11.9 Å². The van der Waals surface area contributed by atoms with Crippen molar-refractivity contribution in [3.8, 4) is 0 Å². The second-order valence-corrected chi connectivity index (χ2v) is 5.52. The standard InChI is InChI=1S/C12H18N4O2S/c1-8-15-9(7-19-8)5-11(17)16-4-3-14-6-10(16)12(18)13-2/h7,10,14H,3-6H2,1-2H3,(H,13,18). The van der Waals surface area contributed by atoms with Crippen molar-refractivity contribution in [1.82, 2.24) is 20.5 Å². The van der Waals surface area contributed by atoms with Crippen molar-refractivity contribution in [1.29, 1.82) is 0 Å². The minimum Gasteiger partial charge on any atom is -0.357 e. The summed E-state index contributed by atoms with van der Waals surface area (Å²) >= 11 is 1.53. The van der Waals surface area contributed by atoms with Gasteiger partial charge in [0.15, 0.2) is 0 Å². The Morgan fingerprint density at radius 1 is 1.63 bits per heavy atom. The van der Waals surface area contributed by atoms with Crippen LogP contribution in [-0.4, -0.2) is 54.4 Å². The Bertz CT molecular complexity index is 474. The molecule has 1 aromatic heterocycles. The maximum absolute atomic E-state index is 12.3. The van der Waals surface area contributed by atoms with Crippen molar-refractivity contribution < 1.29 is 9.59 Å². The van der Waals surface area contributed by atoms with Crippen LogP contribution in [0.4, 0.5) is 0 Å². The lowest BCUT2D eigenvalue weighted by molar-refractivity contribution is -0.140. The van der Waals surface area contributed by atoms with Gasteiger partial charge < -0.3 is 15.5 Å². The molecule has 1 atom stereocenters. The summed E-state index contributed by atoms with van der Waals surface area (Å²) in [5, 5.41) is 8.58. The molecule has 2 N–H and O–H groups in total. The number of piperazine rings is 1. The number of thiazole rings is 1. The van der Waals surface area contributed by atoms with Gasteiger partial charge in [0.1, 0.15) is 6.04 Å². The van der Waals surface area contributed by atoms with Crippen LogP contribution in [0.25, 0.3) is 0 Å². The number of hydrogen-bond donors (Lipinski definition) is 2. The molecule has 1 unspecified atom stereocenters. The summed E-state index contributed by atoms with van der Waals surface area (Å²) in [5.74, 6) is -0.171. The first-order valence-corrected chi connectivity index (χ1v) is 7.12. The fraction of sp³-hybridized carbons (Fsp3) is 0.583. The highest BCUT2D eigenvalue weighted by atomic mass is 32.1. The van der Waals surface area contributed by atoms with E-state index in [-0.39, 0.29) is 18.2 Å². The minimum atomic E-state index is -0.425. The smallest absolute Gasteiger partial charge is 0.243 e. The largest absolute Gasteiger partial charge is 0.357 e. The van der Waals surface area contributed by atoms with Crippen LogP contribution in [0.15, 0.2) is 5.38 Å². The number of carbonyl (C=O) groups excluding carboxylic acids is 2. The number of nitrogens with one attached hydrogen (secondary N) is 2. The third kappa shape index (κ3) is 3.30. The molecular weight excluding hydrogens is 264 g/mol. The van der Waals surface area contributed by atoms with Gasteiger partial charge in [-0.15, -0.1) is 11.3 Å². The molecule has 2 heterocycles. The molecule has 0 bridgehead atoms. The predicted molar refractivity (Wildman–Crippen MR) is 73.0 cm³/mol. The molecule has 1 saturated heterocycles. The van der Waals surface area contributed by atoms with Crippen LogP contribution in [0.5, 0.6) is 0 Å². The Hall–Kier alpha value is -1.47. The highest BCUT2D eigenvalue weighted by molar-refractivity contribution is 7.09. The van der Waals surface area contributed by atoms with Crippen molar-refractivity contribution in [2.45, 2.75) is 19.4 Å². The van der Waals surface area contributed by atoms with Crippen LogP contribution in [0.3, 0.4) is 0 Å². The molecule has 19 heavy (non-hydrogen) atoms. The van der Waals surface area contributed by atoms with Crippen molar-refractivity contribution in [2.24, 2.45) is 0 Å². The molecule has 6 nitrogen and oxygen atoms in total. The van der Waals surface area contributed by atoms with E-state index in [0.29, 0.717) is 13.1 Å². The van der Waals surface area contributed by atoms with E-state index in [9.17, 15) is 9.59 Å². The van der Waals surface area contributed by atoms with Crippen LogP contribution in [0, 0.1) is 6.92 Å². The number of carbonyl (C=O) groups is 2. The number of hydrogen-bond acceptors (Lipinski definition) is 5. The summed E-state index contributed by atoms with van der Waals surface area (Å²) in [6.07, 6.45) is 0.262. The number of aromatic nitrogens is 1. The van der Waals surface area contributed by atoms with Crippen molar-refractivity contribution in [3.63, 3.8) is 0 Å². The molecule has 0 aromatic carbocycles. The lowest BCUT2D eigenvalue weighted by atomic mass is 10.1. The van der Waals surface area contributed by atoms with Crippen LogP contribution >= 0.6 is 11.3 Å². The van der Waals surface area contributed by atoms with Gasteiger partial charge in [0, 0.05) is 32.1 Å². The Morgan fingerprint density at radius 2 is 2.42 bits per heavy atom. The molecule has 0 saturated carbocycles. The first kappa shape index (κ1) is 14.0. The topological polar surface area (TPSA) is 74.3 Å². The number of amides is 2. The highest BCUT2D eigenvalue weighted by Crippen LogP contribution is 2.12. The number of nitrogens with zero attached hydrogens (tertiary/aromatic N) is 2. The van der Waals surface area contributed by atoms with Crippen LogP contribution in [0.1, 0.15) is 10.7 Å². The SMILES string of the molecule is CNC(=O)C1CNCCN1C(=O)Cc1csc(C)n1. The second-order valence-electron chi connectivity index (χ2n) is 4.46. The maximum atomic E-state index is 12.3. The fourth-order valence-electron chi connectivity index (χ4n) is 2.15. The number of likely N-dealkylation sites (N-methyl/N-ethyl adjacent to an activating group) is 1. The molecule has 0 spiro atoms. The quantitative estimate of drug-likeness (QED) is 0.787. The van der Waals surface area contributed by atoms with E-state index in [0.717, 1.165) is 17.2 Å². The second kappa shape index (κ2) is 6.12. The van der Waals surface area contributed by atoms with Crippen molar-refractivity contribution in [3.05, 3.63) is 16.1 Å². The Balaban J connectivity index is 2.05. The summed E-state index contributed by atoms with van der Waals surface area (Å²) in [5.41, 5.74) is 0.779. The lowest BCUT2D eigenvalue weighted by Crippen LogP contribution is -2.59. The molecule has 0 aliphatic carbocycles. The van der Waals surface area contributed by atoms with Gasteiger partial charge in [0.05, 0.1) is 17.1 Å².